The summed E-state index contributed by atoms with van der Waals surface area (Å²) in [6, 6.07) is 18.1. The lowest BCUT2D eigenvalue weighted by molar-refractivity contribution is -0.116. The van der Waals surface area contributed by atoms with Gasteiger partial charge in [-0.05, 0) is 42.3 Å². The first-order valence-corrected chi connectivity index (χ1v) is 8.88. The number of halogens is 2. The van der Waals surface area contributed by atoms with Crippen LogP contribution in [0, 0.1) is 11.6 Å². The summed E-state index contributed by atoms with van der Waals surface area (Å²) < 4.78 is 29.7. The zero-order valence-electron chi connectivity index (χ0n) is 14.9. The van der Waals surface area contributed by atoms with E-state index in [1.807, 2.05) is 30.3 Å². The summed E-state index contributed by atoms with van der Waals surface area (Å²) in [4.78, 5) is 16.9. The first-order chi connectivity index (χ1) is 13.6. The molecular formula is C22H17F2N3O. The minimum Gasteiger partial charge on any atom is -0.310 e. The van der Waals surface area contributed by atoms with Gasteiger partial charge in [-0.1, -0.05) is 36.4 Å². The van der Waals surface area contributed by atoms with Crippen molar-refractivity contribution in [2.45, 2.75) is 12.8 Å². The fraction of sp³-hybridized carbons (Fsp3) is 0.0909. The largest absolute Gasteiger partial charge is 0.310 e. The van der Waals surface area contributed by atoms with Crippen LogP contribution in [0.1, 0.15) is 12.0 Å². The summed E-state index contributed by atoms with van der Waals surface area (Å²) in [5, 5.41) is 2.82. The highest BCUT2D eigenvalue weighted by Gasteiger charge is 2.19. The van der Waals surface area contributed by atoms with E-state index >= 15 is 0 Å². The van der Waals surface area contributed by atoms with Gasteiger partial charge >= 0.3 is 0 Å². The van der Waals surface area contributed by atoms with E-state index in [4.69, 9.17) is 0 Å². The number of fused-ring (bicyclic) bond motifs is 1. The first kappa shape index (κ1) is 17.9. The van der Waals surface area contributed by atoms with Crippen molar-refractivity contribution in [3.8, 4) is 11.3 Å². The number of benzene rings is 2. The maximum Gasteiger partial charge on any atom is 0.225 e. The van der Waals surface area contributed by atoms with E-state index < -0.39 is 11.6 Å². The molecule has 0 saturated carbocycles. The predicted molar refractivity (Wildman–Crippen MR) is 104 cm³/mol. The number of aryl methyl sites for hydroxylation is 1. The molecule has 4 nitrogen and oxygen atoms in total. The Hall–Kier alpha value is -3.54. The molecule has 4 rings (SSSR count). The summed E-state index contributed by atoms with van der Waals surface area (Å²) in [6.45, 7) is 0. The molecule has 1 N–H and O–H groups in total. The number of pyridine rings is 1. The lowest BCUT2D eigenvalue weighted by atomic mass is 10.1. The van der Waals surface area contributed by atoms with Gasteiger partial charge in [0.1, 0.15) is 28.8 Å². The third-order valence-corrected chi connectivity index (χ3v) is 4.45. The number of amides is 1. The normalized spacial score (nSPS) is 10.9. The van der Waals surface area contributed by atoms with Gasteiger partial charge < -0.3 is 5.32 Å². The monoisotopic (exact) mass is 377 g/mol. The molecule has 0 spiro atoms. The number of nitrogens with one attached hydrogen (secondary N) is 1. The topological polar surface area (TPSA) is 46.4 Å². The second-order valence-corrected chi connectivity index (χ2v) is 6.40. The van der Waals surface area contributed by atoms with Crippen molar-refractivity contribution >= 4 is 17.4 Å². The Balaban J connectivity index is 1.67. The molecule has 0 atom stereocenters. The van der Waals surface area contributed by atoms with E-state index in [1.54, 1.807) is 28.8 Å². The zero-order valence-corrected chi connectivity index (χ0v) is 14.9. The molecule has 4 aromatic rings. The number of carbonyl (C=O) groups is 1. The molecule has 0 radical (unpaired) electrons. The van der Waals surface area contributed by atoms with Gasteiger partial charge in [-0.2, -0.15) is 0 Å². The van der Waals surface area contributed by atoms with E-state index in [0.29, 0.717) is 17.9 Å². The third-order valence-electron chi connectivity index (χ3n) is 4.45. The molecule has 0 aliphatic carbocycles. The Labute approximate surface area is 160 Å². The van der Waals surface area contributed by atoms with Gasteiger partial charge in [0.2, 0.25) is 5.91 Å². The number of carbonyl (C=O) groups excluding carboxylic acids is 1. The number of hydrogen-bond acceptors (Lipinski definition) is 2. The van der Waals surface area contributed by atoms with Crippen molar-refractivity contribution in [1.82, 2.24) is 9.38 Å². The molecule has 2 aromatic heterocycles. The molecule has 6 heteroatoms. The van der Waals surface area contributed by atoms with Gasteiger partial charge in [0.25, 0.3) is 0 Å². The highest BCUT2D eigenvalue weighted by Crippen LogP contribution is 2.31. The highest BCUT2D eigenvalue weighted by molar-refractivity contribution is 5.94. The first-order valence-electron chi connectivity index (χ1n) is 8.88. The Bertz CT molecular complexity index is 1140. The van der Waals surface area contributed by atoms with Crippen molar-refractivity contribution in [2.24, 2.45) is 0 Å². The fourth-order valence-electron chi connectivity index (χ4n) is 3.08. The second kappa shape index (κ2) is 7.60. The molecule has 0 saturated heterocycles. The Kier molecular flexibility index (Phi) is 4.85. The molecule has 1 amide bonds. The molecule has 2 aromatic carbocycles. The minimum absolute atomic E-state index is 0.00191. The number of anilines is 1. The van der Waals surface area contributed by atoms with E-state index in [-0.39, 0.29) is 23.6 Å². The lowest BCUT2D eigenvalue weighted by Gasteiger charge is -2.09. The minimum atomic E-state index is -0.607. The Morgan fingerprint density at radius 2 is 1.79 bits per heavy atom. The maximum absolute atomic E-state index is 14.3. The molecule has 0 bridgehead atoms. The zero-order chi connectivity index (χ0) is 19.5. The molecule has 0 fully saturated rings. The van der Waals surface area contributed by atoms with Crippen LogP contribution in [-0.2, 0) is 11.2 Å². The summed E-state index contributed by atoms with van der Waals surface area (Å²) in [6.07, 6.45) is 2.55. The van der Waals surface area contributed by atoms with Gasteiger partial charge in [0.15, 0.2) is 0 Å². The van der Waals surface area contributed by atoms with Crippen LogP contribution in [0.3, 0.4) is 0 Å². The van der Waals surface area contributed by atoms with Crippen LogP contribution in [0.5, 0.6) is 0 Å². The van der Waals surface area contributed by atoms with E-state index in [2.05, 4.69) is 10.3 Å². The lowest BCUT2D eigenvalue weighted by Crippen LogP contribution is -2.14. The third kappa shape index (κ3) is 3.62. The average Bonchev–Trinajstić information content (AvgIpc) is 3.07. The van der Waals surface area contributed by atoms with Crippen molar-refractivity contribution < 1.29 is 13.6 Å². The van der Waals surface area contributed by atoms with Crippen LogP contribution < -0.4 is 5.32 Å². The number of nitrogens with zero attached hydrogens (tertiary/aromatic N) is 2. The smallest absolute Gasteiger partial charge is 0.225 e. The van der Waals surface area contributed by atoms with Crippen LogP contribution in [0.2, 0.25) is 0 Å². The number of hydrogen-bond donors (Lipinski definition) is 1. The average molecular weight is 377 g/mol. The Morgan fingerprint density at radius 1 is 1.00 bits per heavy atom. The quantitative estimate of drug-likeness (QED) is 0.540. The number of rotatable bonds is 5. The van der Waals surface area contributed by atoms with Crippen molar-refractivity contribution in [1.29, 1.82) is 0 Å². The maximum atomic E-state index is 14.3. The molecule has 28 heavy (non-hydrogen) atoms. The molecule has 0 aliphatic rings. The summed E-state index contributed by atoms with van der Waals surface area (Å²) >= 11 is 0. The van der Waals surface area contributed by atoms with Crippen LogP contribution in [0.4, 0.5) is 14.6 Å². The summed E-state index contributed by atoms with van der Waals surface area (Å²) in [7, 11) is 0. The molecule has 2 heterocycles. The van der Waals surface area contributed by atoms with Crippen LogP contribution in [-0.4, -0.2) is 15.3 Å². The summed E-state index contributed by atoms with van der Waals surface area (Å²) in [5.74, 6) is -1.09. The van der Waals surface area contributed by atoms with E-state index in [0.717, 1.165) is 23.8 Å². The molecule has 140 valence electrons. The van der Waals surface area contributed by atoms with Crippen molar-refractivity contribution in [2.75, 3.05) is 5.32 Å². The second-order valence-electron chi connectivity index (χ2n) is 6.40. The van der Waals surface area contributed by atoms with Crippen molar-refractivity contribution in [3.05, 3.63) is 90.1 Å². The van der Waals surface area contributed by atoms with E-state index in [1.165, 1.54) is 0 Å². The molecular weight excluding hydrogens is 360 g/mol. The SMILES string of the molecule is O=C(CCc1ccccc1)Nc1c(-c2cc(F)ccc2F)nc2ccccn12. The fourth-order valence-corrected chi connectivity index (χ4v) is 3.08. The molecule has 0 aliphatic heterocycles. The van der Waals surface area contributed by atoms with Crippen molar-refractivity contribution in [3.63, 3.8) is 0 Å². The Morgan fingerprint density at radius 3 is 2.61 bits per heavy atom. The van der Waals surface area contributed by atoms with E-state index in [9.17, 15) is 13.6 Å². The van der Waals surface area contributed by atoms with Gasteiger partial charge in [-0.25, -0.2) is 13.8 Å². The van der Waals surface area contributed by atoms with Gasteiger partial charge in [-0.15, -0.1) is 0 Å². The predicted octanol–water partition coefficient (Wildman–Crippen LogP) is 4.85. The van der Waals surface area contributed by atoms with Crippen LogP contribution in [0.15, 0.2) is 72.9 Å². The highest BCUT2D eigenvalue weighted by atomic mass is 19.1. The van der Waals surface area contributed by atoms with Crippen LogP contribution in [0.25, 0.3) is 16.9 Å². The standard InChI is InChI=1S/C22H17F2N3O/c23-16-10-11-18(24)17(14-16)21-22(27-13-5-4-8-19(27)25-21)26-20(28)12-9-15-6-2-1-3-7-15/h1-8,10-11,13-14H,9,12H2,(H,26,28). The van der Waals surface area contributed by atoms with Gasteiger partial charge in [0, 0.05) is 18.2 Å². The van der Waals surface area contributed by atoms with Gasteiger partial charge in [-0.3, -0.25) is 9.20 Å². The number of aromatic nitrogens is 2. The summed E-state index contributed by atoms with van der Waals surface area (Å²) in [5.41, 5.74) is 1.77. The molecule has 0 unspecified atom stereocenters. The van der Waals surface area contributed by atoms with Crippen LogP contribution >= 0.6 is 0 Å². The van der Waals surface area contributed by atoms with Gasteiger partial charge in [0.05, 0.1) is 0 Å². The number of imidazole rings is 1.